The van der Waals surface area contributed by atoms with Crippen molar-refractivity contribution in [2.45, 2.75) is 58.3 Å². The second-order valence-electron chi connectivity index (χ2n) is 8.49. The lowest BCUT2D eigenvalue weighted by atomic mass is 9.93. The van der Waals surface area contributed by atoms with Crippen molar-refractivity contribution in [2.75, 3.05) is 38.0 Å². The highest BCUT2D eigenvalue weighted by atomic mass is 16.2. The molecule has 2 fully saturated rings. The molecule has 28 heavy (non-hydrogen) atoms. The van der Waals surface area contributed by atoms with Crippen LogP contribution in [0.4, 0.5) is 5.69 Å². The third kappa shape index (κ3) is 5.81. The number of nitrogens with one attached hydrogen (secondary N) is 1. The summed E-state index contributed by atoms with van der Waals surface area (Å²) in [7, 11) is 0. The molecular formula is C23H35N3O2. The zero-order valence-corrected chi connectivity index (χ0v) is 17.5. The fourth-order valence-corrected chi connectivity index (χ4v) is 4.23. The summed E-state index contributed by atoms with van der Waals surface area (Å²) in [6.45, 7) is 8.52. The van der Waals surface area contributed by atoms with Gasteiger partial charge in [0, 0.05) is 25.2 Å². The van der Waals surface area contributed by atoms with Crippen LogP contribution in [0.2, 0.25) is 0 Å². The van der Waals surface area contributed by atoms with E-state index < -0.39 is 0 Å². The van der Waals surface area contributed by atoms with Crippen LogP contribution < -0.4 is 5.32 Å². The van der Waals surface area contributed by atoms with Crippen molar-refractivity contribution in [3.8, 4) is 0 Å². The van der Waals surface area contributed by atoms with Gasteiger partial charge in [0.25, 0.3) is 0 Å². The predicted octanol–water partition coefficient (Wildman–Crippen LogP) is 3.86. The maximum Gasteiger partial charge on any atom is 0.238 e. The largest absolute Gasteiger partial charge is 0.343 e. The highest BCUT2D eigenvalue weighted by molar-refractivity contribution is 5.92. The minimum absolute atomic E-state index is 0.0443. The Hall–Kier alpha value is -1.88. The van der Waals surface area contributed by atoms with Gasteiger partial charge in [-0.25, -0.2) is 0 Å². The summed E-state index contributed by atoms with van der Waals surface area (Å²) in [4.78, 5) is 28.9. The average molecular weight is 386 g/mol. The van der Waals surface area contributed by atoms with Crippen molar-refractivity contribution in [1.82, 2.24) is 9.80 Å². The number of likely N-dealkylation sites (tertiary alicyclic amines) is 2. The lowest BCUT2D eigenvalue weighted by Crippen LogP contribution is -2.40. The quantitative estimate of drug-likeness (QED) is 0.775. The van der Waals surface area contributed by atoms with Crippen LogP contribution in [0.5, 0.6) is 0 Å². The minimum Gasteiger partial charge on any atom is -0.343 e. The van der Waals surface area contributed by atoms with Crippen LogP contribution in [-0.2, 0) is 9.59 Å². The summed E-state index contributed by atoms with van der Waals surface area (Å²) in [5.74, 6) is 1.39. The fraction of sp³-hybridized carbons (Fsp3) is 0.652. The van der Waals surface area contributed by atoms with Gasteiger partial charge in [-0.05, 0) is 74.7 Å². The van der Waals surface area contributed by atoms with E-state index in [4.69, 9.17) is 0 Å². The molecule has 1 unspecified atom stereocenters. The first-order valence-corrected chi connectivity index (χ1v) is 10.9. The lowest BCUT2D eigenvalue weighted by molar-refractivity contribution is -0.131. The van der Waals surface area contributed by atoms with Crippen molar-refractivity contribution in [1.29, 1.82) is 0 Å². The van der Waals surface area contributed by atoms with Crippen LogP contribution in [0, 0.1) is 5.92 Å². The molecule has 1 atom stereocenters. The molecule has 1 aromatic rings. The lowest BCUT2D eigenvalue weighted by Gasteiger charge is -2.31. The Kier molecular flexibility index (Phi) is 7.49. The SMILES string of the molecule is CCC(C)c1ccc(NC(=O)CN2CCC(CC(=O)N3CCCC3)CC2)cc1. The van der Waals surface area contributed by atoms with E-state index in [1.807, 2.05) is 17.0 Å². The smallest absolute Gasteiger partial charge is 0.238 e. The van der Waals surface area contributed by atoms with Crippen molar-refractivity contribution in [3.63, 3.8) is 0 Å². The highest BCUT2D eigenvalue weighted by Gasteiger charge is 2.25. The molecule has 0 saturated carbocycles. The first-order valence-electron chi connectivity index (χ1n) is 10.9. The van der Waals surface area contributed by atoms with Gasteiger partial charge in [-0.15, -0.1) is 0 Å². The van der Waals surface area contributed by atoms with Crippen LogP contribution in [0.15, 0.2) is 24.3 Å². The molecule has 2 amide bonds. The van der Waals surface area contributed by atoms with Gasteiger partial charge < -0.3 is 10.2 Å². The second kappa shape index (κ2) is 10.1. The monoisotopic (exact) mass is 385 g/mol. The molecule has 2 aliphatic rings. The summed E-state index contributed by atoms with van der Waals surface area (Å²) < 4.78 is 0. The van der Waals surface area contributed by atoms with Gasteiger partial charge in [0.1, 0.15) is 0 Å². The number of amides is 2. The van der Waals surface area contributed by atoms with E-state index in [9.17, 15) is 9.59 Å². The van der Waals surface area contributed by atoms with Gasteiger partial charge in [0.2, 0.25) is 11.8 Å². The summed E-state index contributed by atoms with van der Waals surface area (Å²) in [6, 6.07) is 8.20. The average Bonchev–Trinajstić information content (AvgIpc) is 3.24. The van der Waals surface area contributed by atoms with E-state index in [1.165, 1.54) is 5.56 Å². The number of hydrogen-bond donors (Lipinski definition) is 1. The molecule has 5 heteroatoms. The topological polar surface area (TPSA) is 52.7 Å². The Morgan fingerprint density at radius 3 is 2.32 bits per heavy atom. The number of anilines is 1. The van der Waals surface area contributed by atoms with E-state index in [0.717, 1.165) is 64.0 Å². The molecule has 0 spiro atoms. The molecule has 1 N–H and O–H groups in total. The summed E-state index contributed by atoms with van der Waals surface area (Å²) >= 11 is 0. The van der Waals surface area contributed by atoms with E-state index in [-0.39, 0.29) is 5.91 Å². The van der Waals surface area contributed by atoms with Gasteiger partial charge in [0.15, 0.2) is 0 Å². The summed E-state index contributed by atoms with van der Waals surface area (Å²) in [5.41, 5.74) is 2.18. The first-order chi connectivity index (χ1) is 13.5. The van der Waals surface area contributed by atoms with Crippen LogP contribution in [-0.4, -0.2) is 54.3 Å². The van der Waals surface area contributed by atoms with Gasteiger partial charge in [-0.3, -0.25) is 14.5 Å². The van der Waals surface area contributed by atoms with Gasteiger partial charge >= 0.3 is 0 Å². The number of benzene rings is 1. The Labute approximate surface area is 169 Å². The minimum atomic E-state index is 0.0443. The Balaban J connectivity index is 1.38. The number of carbonyl (C=O) groups excluding carboxylic acids is 2. The number of nitrogens with zero attached hydrogens (tertiary/aromatic N) is 2. The molecule has 0 aliphatic carbocycles. The Morgan fingerprint density at radius 1 is 1.07 bits per heavy atom. The highest BCUT2D eigenvalue weighted by Crippen LogP contribution is 2.23. The normalized spacial score (nSPS) is 19.6. The molecule has 2 aliphatic heterocycles. The molecule has 154 valence electrons. The molecule has 0 radical (unpaired) electrons. The molecular weight excluding hydrogens is 350 g/mol. The zero-order valence-electron chi connectivity index (χ0n) is 17.5. The number of carbonyl (C=O) groups is 2. The van der Waals surface area contributed by atoms with Crippen molar-refractivity contribution >= 4 is 17.5 Å². The van der Waals surface area contributed by atoms with E-state index in [2.05, 4.69) is 36.2 Å². The van der Waals surface area contributed by atoms with E-state index in [1.54, 1.807) is 0 Å². The van der Waals surface area contributed by atoms with Crippen LogP contribution in [0.25, 0.3) is 0 Å². The molecule has 2 saturated heterocycles. The van der Waals surface area contributed by atoms with Gasteiger partial charge in [-0.1, -0.05) is 26.0 Å². The molecule has 0 aromatic heterocycles. The first kappa shape index (κ1) is 20.8. The molecule has 2 heterocycles. The third-order valence-corrected chi connectivity index (χ3v) is 6.37. The van der Waals surface area contributed by atoms with Crippen LogP contribution in [0.1, 0.15) is 63.9 Å². The fourth-order valence-electron chi connectivity index (χ4n) is 4.23. The standard InChI is InChI=1S/C23H35N3O2/c1-3-18(2)20-6-8-21(9-7-20)24-22(27)17-25-14-10-19(11-15-25)16-23(28)26-12-4-5-13-26/h6-9,18-19H,3-5,10-17H2,1-2H3,(H,24,27). The molecule has 5 nitrogen and oxygen atoms in total. The van der Waals surface area contributed by atoms with Gasteiger partial charge in [-0.2, -0.15) is 0 Å². The zero-order chi connectivity index (χ0) is 19.9. The molecule has 0 bridgehead atoms. The van der Waals surface area contributed by atoms with Gasteiger partial charge in [0.05, 0.1) is 6.54 Å². The van der Waals surface area contributed by atoms with Crippen molar-refractivity contribution in [3.05, 3.63) is 29.8 Å². The number of rotatable bonds is 7. The number of hydrogen-bond acceptors (Lipinski definition) is 3. The second-order valence-corrected chi connectivity index (χ2v) is 8.49. The third-order valence-electron chi connectivity index (χ3n) is 6.37. The summed E-state index contributed by atoms with van der Waals surface area (Å²) in [5, 5.41) is 3.01. The Morgan fingerprint density at radius 2 is 1.71 bits per heavy atom. The molecule has 1 aromatic carbocycles. The summed E-state index contributed by atoms with van der Waals surface area (Å²) in [6.07, 6.45) is 6.13. The van der Waals surface area contributed by atoms with E-state index in [0.29, 0.717) is 30.7 Å². The maximum atomic E-state index is 12.4. The molecule has 3 rings (SSSR count). The number of piperidine rings is 1. The van der Waals surface area contributed by atoms with Crippen LogP contribution in [0.3, 0.4) is 0 Å². The Bertz CT molecular complexity index is 644. The van der Waals surface area contributed by atoms with Crippen molar-refractivity contribution < 1.29 is 9.59 Å². The van der Waals surface area contributed by atoms with E-state index >= 15 is 0 Å². The predicted molar refractivity (Wildman–Crippen MR) is 113 cm³/mol. The maximum absolute atomic E-state index is 12.4. The van der Waals surface area contributed by atoms with Crippen molar-refractivity contribution in [2.24, 2.45) is 5.92 Å². The van der Waals surface area contributed by atoms with Crippen LogP contribution >= 0.6 is 0 Å².